The van der Waals surface area contributed by atoms with E-state index in [4.69, 9.17) is 28.2 Å². The SMILES string of the molecule is O=c1c2sc3ncccc3c2nc(SCc2ccc(Cl)cc2)n1Cc1ccccc1Cl. The molecule has 0 aliphatic carbocycles. The summed E-state index contributed by atoms with van der Waals surface area (Å²) in [6.07, 6.45) is 1.73. The minimum absolute atomic E-state index is 0.0773. The summed E-state index contributed by atoms with van der Waals surface area (Å²) >= 11 is 15.3. The highest BCUT2D eigenvalue weighted by atomic mass is 35.5. The number of aromatic nitrogens is 3. The molecule has 0 saturated carbocycles. The van der Waals surface area contributed by atoms with Gasteiger partial charge in [-0.25, -0.2) is 9.97 Å². The second kappa shape index (κ2) is 8.63. The lowest BCUT2D eigenvalue weighted by Crippen LogP contribution is -2.23. The smallest absolute Gasteiger partial charge is 0.272 e. The summed E-state index contributed by atoms with van der Waals surface area (Å²) in [5, 5.41) is 2.87. The van der Waals surface area contributed by atoms with Crippen molar-refractivity contribution in [3.8, 4) is 0 Å². The van der Waals surface area contributed by atoms with E-state index in [1.54, 1.807) is 10.8 Å². The number of thiophene rings is 1. The monoisotopic (exact) mass is 483 g/mol. The van der Waals surface area contributed by atoms with E-state index in [0.717, 1.165) is 21.3 Å². The van der Waals surface area contributed by atoms with Gasteiger partial charge in [-0.2, -0.15) is 0 Å². The first-order chi connectivity index (χ1) is 15.1. The fourth-order valence-corrected chi connectivity index (χ4v) is 5.62. The lowest BCUT2D eigenvalue weighted by Gasteiger charge is -2.13. The zero-order chi connectivity index (χ0) is 21.4. The van der Waals surface area contributed by atoms with Crippen LogP contribution in [0.4, 0.5) is 0 Å². The highest BCUT2D eigenvalue weighted by Gasteiger charge is 2.18. The molecule has 0 radical (unpaired) electrons. The fraction of sp³-hybridized carbons (Fsp3) is 0.0870. The van der Waals surface area contributed by atoms with Gasteiger partial charge < -0.3 is 0 Å². The van der Waals surface area contributed by atoms with Crippen LogP contribution < -0.4 is 5.56 Å². The van der Waals surface area contributed by atoms with E-state index in [0.29, 0.717) is 37.7 Å². The molecule has 4 nitrogen and oxygen atoms in total. The lowest BCUT2D eigenvalue weighted by atomic mass is 10.2. The first kappa shape index (κ1) is 20.5. The van der Waals surface area contributed by atoms with Crippen LogP contribution in [0, 0.1) is 0 Å². The van der Waals surface area contributed by atoms with Gasteiger partial charge in [-0.3, -0.25) is 9.36 Å². The van der Waals surface area contributed by atoms with Gasteiger partial charge in [0.05, 0.1) is 12.1 Å². The van der Waals surface area contributed by atoms with Gasteiger partial charge in [0.25, 0.3) is 5.56 Å². The van der Waals surface area contributed by atoms with Gasteiger partial charge in [0.15, 0.2) is 5.16 Å². The maximum absolute atomic E-state index is 13.5. The summed E-state index contributed by atoms with van der Waals surface area (Å²) in [6.45, 7) is 0.353. The van der Waals surface area contributed by atoms with Gasteiger partial charge in [-0.15, -0.1) is 11.3 Å². The highest BCUT2D eigenvalue weighted by molar-refractivity contribution is 7.98. The van der Waals surface area contributed by atoms with Crippen molar-refractivity contribution in [1.82, 2.24) is 14.5 Å². The third-order valence-electron chi connectivity index (χ3n) is 4.89. The van der Waals surface area contributed by atoms with Crippen LogP contribution in [0.5, 0.6) is 0 Å². The Morgan fingerprint density at radius 1 is 1.00 bits per heavy atom. The third-order valence-corrected chi connectivity index (χ3v) is 7.64. The van der Waals surface area contributed by atoms with Gasteiger partial charge in [-0.05, 0) is 41.5 Å². The summed E-state index contributed by atoms with van der Waals surface area (Å²) in [7, 11) is 0. The first-order valence-corrected chi connectivity index (χ1v) is 12.0. The molecule has 0 aliphatic rings. The van der Waals surface area contributed by atoms with Gasteiger partial charge in [-0.1, -0.05) is 65.3 Å². The number of halogens is 2. The molecule has 5 rings (SSSR count). The Bertz CT molecular complexity index is 1460. The fourth-order valence-electron chi connectivity index (χ4n) is 3.32. The molecule has 154 valence electrons. The molecule has 0 unspecified atom stereocenters. The summed E-state index contributed by atoms with van der Waals surface area (Å²) in [6, 6.07) is 19.1. The van der Waals surface area contributed by atoms with Crippen molar-refractivity contribution in [2.75, 3.05) is 0 Å². The molecule has 8 heteroatoms. The number of rotatable bonds is 5. The van der Waals surface area contributed by atoms with E-state index in [2.05, 4.69) is 4.98 Å². The van der Waals surface area contributed by atoms with Gasteiger partial charge in [0, 0.05) is 27.4 Å². The van der Waals surface area contributed by atoms with Gasteiger partial charge in [0.1, 0.15) is 9.53 Å². The van der Waals surface area contributed by atoms with E-state index in [9.17, 15) is 4.79 Å². The molecule has 0 saturated heterocycles. The van der Waals surface area contributed by atoms with Crippen LogP contribution in [0.2, 0.25) is 10.0 Å². The Morgan fingerprint density at radius 3 is 2.61 bits per heavy atom. The molecule has 0 spiro atoms. The van der Waals surface area contributed by atoms with E-state index in [1.165, 1.54) is 23.1 Å². The molecule has 3 aromatic heterocycles. The maximum Gasteiger partial charge on any atom is 0.272 e. The molecular formula is C23H15Cl2N3OS2. The van der Waals surface area contributed by atoms with Crippen LogP contribution >= 0.6 is 46.3 Å². The zero-order valence-corrected chi connectivity index (χ0v) is 19.2. The summed E-state index contributed by atoms with van der Waals surface area (Å²) < 4.78 is 2.32. The number of nitrogens with zero attached hydrogens (tertiary/aromatic N) is 3. The average Bonchev–Trinajstić information content (AvgIpc) is 3.16. The Kier molecular flexibility index (Phi) is 5.71. The molecule has 2 aromatic carbocycles. The first-order valence-electron chi connectivity index (χ1n) is 9.49. The number of thioether (sulfide) groups is 1. The molecule has 3 heterocycles. The number of pyridine rings is 1. The Labute approximate surface area is 196 Å². The number of benzene rings is 2. The van der Waals surface area contributed by atoms with Crippen molar-refractivity contribution < 1.29 is 0 Å². The maximum atomic E-state index is 13.5. The summed E-state index contributed by atoms with van der Waals surface area (Å²) in [5.74, 6) is 0.665. The molecule has 0 fully saturated rings. The average molecular weight is 484 g/mol. The predicted octanol–water partition coefficient (Wildman–Crippen LogP) is 6.65. The second-order valence-electron chi connectivity index (χ2n) is 6.93. The van der Waals surface area contributed by atoms with Gasteiger partial charge >= 0.3 is 0 Å². The standard InChI is InChI=1S/C23H15Cl2N3OS2/c24-16-9-7-14(8-10-16)13-30-23-27-19-17-5-3-11-26-21(17)31-20(19)22(29)28(23)12-15-4-1-2-6-18(15)25/h1-11H,12-13H2. The zero-order valence-electron chi connectivity index (χ0n) is 16.1. The summed E-state index contributed by atoms with van der Waals surface area (Å²) in [5.41, 5.74) is 2.60. The van der Waals surface area contributed by atoms with Crippen molar-refractivity contribution in [3.05, 3.63) is 98.4 Å². The molecule has 0 aliphatic heterocycles. The minimum Gasteiger partial charge on any atom is -0.282 e. The third kappa shape index (κ3) is 4.08. The van der Waals surface area contributed by atoms with Crippen molar-refractivity contribution in [2.24, 2.45) is 0 Å². The largest absolute Gasteiger partial charge is 0.282 e. The molecule has 0 N–H and O–H groups in total. The van der Waals surface area contributed by atoms with Crippen LogP contribution in [-0.2, 0) is 12.3 Å². The van der Waals surface area contributed by atoms with Gasteiger partial charge in [0.2, 0.25) is 0 Å². The Morgan fingerprint density at radius 2 is 1.81 bits per heavy atom. The van der Waals surface area contributed by atoms with E-state index in [1.807, 2.05) is 60.7 Å². The number of hydrogen-bond acceptors (Lipinski definition) is 5. The second-order valence-corrected chi connectivity index (χ2v) is 9.71. The minimum atomic E-state index is -0.0773. The Hall–Kier alpha value is -2.38. The molecular weight excluding hydrogens is 469 g/mol. The quantitative estimate of drug-likeness (QED) is 0.207. The summed E-state index contributed by atoms with van der Waals surface area (Å²) in [4.78, 5) is 23.7. The van der Waals surface area contributed by atoms with E-state index < -0.39 is 0 Å². The topological polar surface area (TPSA) is 47.8 Å². The van der Waals surface area contributed by atoms with Crippen LogP contribution in [0.25, 0.3) is 20.4 Å². The van der Waals surface area contributed by atoms with Crippen molar-refractivity contribution in [3.63, 3.8) is 0 Å². The normalized spacial score (nSPS) is 11.4. The van der Waals surface area contributed by atoms with Crippen LogP contribution in [0.3, 0.4) is 0 Å². The lowest BCUT2D eigenvalue weighted by molar-refractivity contribution is 0.660. The molecule has 0 amide bonds. The molecule has 5 aromatic rings. The Balaban J connectivity index is 1.64. The van der Waals surface area contributed by atoms with E-state index >= 15 is 0 Å². The number of hydrogen-bond donors (Lipinski definition) is 0. The molecule has 31 heavy (non-hydrogen) atoms. The van der Waals surface area contributed by atoms with Crippen molar-refractivity contribution in [1.29, 1.82) is 0 Å². The van der Waals surface area contributed by atoms with Crippen LogP contribution in [0.1, 0.15) is 11.1 Å². The van der Waals surface area contributed by atoms with Crippen molar-refractivity contribution >= 4 is 66.7 Å². The van der Waals surface area contributed by atoms with Crippen LogP contribution in [0.15, 0.2) is 76.8 Å². The van der Waals surface area contributed by atoms with Crippen LogP contribution in [-0.4, -0.2) is 14.5 Å². The molecule has 0 bridgehead atoms. The predicted molar refractivity (Wildman–Crippen MR) is 131 cm³/mol. The molecule has 0 atom stereocenters. The van der Waals surface area contributed by atoms with E-state index in [-0.39, 0.29) is 5.56 Å². The number of fused-ring (bicyclic) bond motifs is 3. The van der Waals surface area contributed by atoms with Crippen molar-refractivity contribution in [2.45, 2.75) is 17.5 Å². The highest BCUT2D eigenvalue weighted by Crippen LogP contribution is 2.32.